The molecule has 0 atom stereocenters. The molecule has 3 heterocycles. The molecule has 5 rings (SSSR count). The van der Waals surface area contributed by atoms with Crippen LogP contribution in [0.15, 0.2) is 76.6 Å². The third-order valence-corrected chi connectivity index (χ3v) is 6.88. The van der Waals surface area contributed by atoms with Crippen molar-refractivity contribution in [2.24, 2.45) is 10.1 Å². The molecule has 186 valence electrons. The largest absolute Gasteiger partial charge is 0.489 e. The number of carbonyl (C=O) groups is 1. The quantitative estimate of drug-likeness (QED) is 0.320. The van der Waals surface area contributed by atoms with Gasteiger partial charge in [0.1, 0.15) is 29.8 Å². The highest BCUT2D eigenvalue weighted by molar-refractivity contribution is 8.27. The summed E-state index contributed by atoms with van der Waals surface area (Å²) in [6.07, 6.45) is 4.92. The van der Waals surface area contributed by atoms with E-state index in [9.17, 15) is 4.79 Å². The average Bonchev–Trinajstić information content (AvgIpc) is 3.31. The van der Waals surface area contributed by atoms with Gasteiger partial charge in [-0.2, -0.15) is 15.1 Å². The molecule has 1 N–H and O–H groups in total. The molecule has 1 amide bonds. The molecule has 3 aromatic rings. The van der Waals surface area contributed by atoms with Crippen LogP contribution in [0.2, 0.25) is 5.02 Å². The summed E-state index contributed by atoms with van der Waals surface area (Å²) in [6, 6.07) is 14.8. The summed E-state index contributed by atoms with van der Waals surface area (Å²) in [7, 11) is 0. The van der Waals surface area contributed by atoms with E-state index in [-0.39, 0.29) is 11.4 Å². The second-order valence-electron chi connectivity index (χ2n) is 8.27. The molecule has 0 saturated carbocycles. The van der Waals surface area contributed by atoms with Crippen molar-refractivity contribution in [3.05, 3.63) is 93.8 Å². The molecule has 2 aromatic carbocycles. The number of hydrazone groups is 1. The predicted octanol–water partition coefficient (Wildman–Crippen LogP) is 5.48. The molecule has 1 aromatic heterocycles. The van der Waals surface area contributed by atoms with Crippen molar-refractivity contribution >= 4 is 51.4 Å². The summed E-state index contributed by atoms with van der Waals surface area (Å²) in [4.78, 5) is 20.9. The van der Waals surface area contributed by atoms with Gasteiger partial charge in [0.2, 0.25) is 5.17 Å². The monoisotopic (exact) mass is 531 g/mol. The summed E-state index contributed by atoms with van der Waals surface area (Å²) in [5.41, 5.74) is 3.69. The van der Waals surface area contributed by atoms with Crippen LogP contribution in [0.1, 0.15) is 22.3 Å². The van der Waals surface area contributed by atoms with E-state index in [1.54, 1.807) is 42.7 Å². The standard InChI is InChI=1S/C27H22ClN5O3S/c1-16-5-3-6-17(2)23(16)36-12-11-35-22-9-8-18(14-21(22)28)13-20-24(29)33-27(31-25(20)34)37-26(32-33)19-7-4-10-30-15-19/h3-10,13-15,29H,11-12H2,1-2H3. The summed E-state index contributed by atoms with van der Waals surface area (Å²) < 4.78 is 11.7. The number of hydrogen-bond acceptors (Lipinski definition) is 7. The number of benzene rings is 2. The van der Waals surface area contributed by atoms with Crippen LogP contribution < -0.4 is 9.47 Å². The van der Waals surface area contributed by atoms with Gasteiger partial charge >= 0.3 is 0 Å². The van der Waals surface area contributed by atoms with Crippen molar-refractivity contribution in [1.82, 2.24) is 9.99 Å². The minimum Gasteiger partial charge on any atom is -0.489 e. The molecule has 37 heavy (non-hydrogen) atoms. The number of hydrogen-bond donors (Lipinski definition) is 1. The average molecular weight is 532 g/mol. The number of rotatable bonds is 7. The first-order chi connectivity index (χ1) is 17.9. The Hall–Kier alpha value is -3.95. The fourth-order valence-corrected chi connectivity index (χ4v) is 4.94. The van der Waals surface area contributed by atoms with E-state index in [0.29, 0.717) is 39.8 Å². The van der Waals surface area contributed by atoms with Crippen molar-refractivity contribution < 1.29 is 14.3 Å². The number of aliphatic imine (C=N–C) groups is 1. The number of nitrogens with one attached hydrogen (secondary N) is 1. The molecule has 8 nitrogen and oxygen atoms in total. The number of thioether (sulfide) groups is 1. The molecule has 0 spiro atoms. The Morgan fingerprint density at radius 1 is 1.08 bits per heavy atom. The zero-order valence-corrected chi connectivity index (χ0v) is 21.6. The first-order valence-electron chi connectivity index (χ1n) is 11.4. The van der Waals surface area contributed by atoms with Gasteiger partial charge in [0.15, 0.2) is 5.84 Å². The predicted molar refractivity (Wildman–Crippen MR) is 147 cm³/mol. The van der Waals surface area contributed by atoms with E-state index in [1.165, 1.54) is 16.8 Å². The number of halogens is 1. The fourth-order valence-electron chi connectivity index (χ4n) is 3.81. The first-order valence-corrected chi connectivity index (χ1v) is 12.6. The first kappa shape index (κ1) is 24.7. The van der Waals surface area contributed by atoms with Crippen LogP contribution in [0, 0.1) is 19.3 Å². The zero-order chi connectivity index (χ0) is 25.9. The smallest absolute Gasteiger partial charge is 0.283 e. The van der Waals surface area contributed by atoms with Crippen LogP contribution in [0.3, 0.4) is 0 Å². The molecule has 0 saturated heterocycles. The summed E-state index contributed by atoms with van der Waals surface area (Å²) in [6.45, 7) is 4.70. The van der Waals surface area contributed by atoms with Crippen LogP contribution in [-0.4, -0.2) is 45.2 Å². The third-order valence-electron chi connectivity index (χ3n) is 5.63. The number of amidine groups is 2. The Labute approximate surface area is 223 Å². The number of fused-ring (bicyclic) bond motifs is 1. The summed E-state index contributed by atoms with van der Waals surface area (Å²) in [5.74, 6) is 0.798. The number of aryl methyl sites for hydroxylation is 2. The Bertz CT molecular complexity index is 1470. The molecule has 2 aliphatic rings. The molecular weight excluding hydrogens is 510 g/mol. The maximum absolute atomic E-state index is 12.7. The molecule has 0 unspecified atom stereocenters. The number of carbonyl (C=O) groups excluding carboxylic acids is 1. The lowest BCUT2D eigenvalue weighted by atomic mass is 10.1. The Morgan fingerprint density at radius 3 is 2.59 bits per heavy atom. The number of pyridine rings is 1. The number of aromatic nitrogens is 1. The van der Waals surface area contributed by atoms with E-state index < -0.39 is 5.91 Å². The maximum Gasteiger partial charge on any atom is 0.283 e. The van der Waals surface area contributed by atoms with E-state index in [0.717, 1.165) is 22.4 Å². The SMILES string of the molecule is Cc1cccc(C)c1OCCOc1ccc(C=C2C(=N)N3N=C(c4cccnc4)SC3=NC2=O)cc1Cl. The lowest BCUT2D eigenvalue weighted by Crippen LogP contribution is -2.35. The number of nitrogens with zero attached hydrogens (tertiary/aromatic N) is 4. The van der Waals surface area contributed by atoms with Gasteiger partial charge in [-0.3, -0.25) is 15.2 Å². The molecule has 0 fully saturated rings. The molecule has 0 aliphatic carbocycles. The van der Waals surface area contributed by atoms with Crippen LogP contribution in [0.5, 0.6) is 11.5 Å². The Kier molecular flexibility index (Phi) is 7.07. The van der Waals surface area contributed by atoms with Crippen molar-refractivity contribution in [3.8, 4) is 11.5 Å². The van der Waals surface area contributed by atoms with E-state index >= 15 is 0 Å². The topological polar surface area (TPSA) is 100 Å². The van der Waals surface area contributed by atoms with Gasteiger partial charge < -0.3 is 9.47 Å². The second-order valence-corrected chi connectivity index (χ2v) is 9.64. The molecule has 0 radical (unpaired) electrons. The van der Waals surface area contributed by atoms with Crippen molar-refractivity contribution in [2.75, 3.05) is 13.2 Å². The minimum atomic E-state index is -0.508. The number of amides is 1. The van der Waals surface area contributed by atoms with Crippen LogP contribution in [0.4, 0.5) is 0 Å². The highest BCUT2D eigenvalue weighted by Gasteiger charge is 2.36. The van der Waals surface area contributed by atoms with Crippen LogP contribution in [-0.2, 0) is 4.79 Å². The zero-order valence-electron chi connectivity index (χ0n) is 20.1. The van der Waals surface area contributed by atoms with Crippen molar-refractivity contribution in [3.63, 3.8) is 0 Å². The van der Waals surface area contributed by atoms with Crippen LogP contribution >= 0.6 is 23.4 Å². The molecular formula is C27H22ClN5O3S. The molecule has 0 bridgehead atoms. The van der Waals surface area contributed by atoms with Gasteiger partial charge in [0.05, 0.1) is 10.6 Å². The van der Waals surface area contributed by atoms with Gasteiger partial charge in [-0.15, -0.1) is 0 Å². The van der Waals surface area contributed by atoms with Gasteiger partial charge in [0, 0.05) is 18.0 Å². The Morgan fingerprint density at radius 2 is 1.86 bits per heavy atom. The van der Waals surface area contributed by atoms with E-state index in [1.807, 2.05) is 38.1 Å². The van der Waals surface area contributed by atoms with Gasteiger partial charge in [-0.1, -0.05) is 35.9 Å². The fraction of sp³-hybridized carbons (Fsp3) is 0.148. The summed E-state index contributed by atoms with van der Waals surface area (Å²) in [5, 5.41) is 15.7. The highest BCUT2D eigenvalue weighted by Crippen LogP contribution is 2.32. The normalized spacial score (nSPS) is 16.0. The van der Waals surface area contributed by atoms with Gasteiger partial charge in [-0.25, -0.2) is 0 Å². The van der Waals surface area contributed by atoms with Crippen molar-refractivity contribution in [2.45, 2.75) is 13.8 Å². The van der Waals surface area contributed by atoms with Crippen LogP contribution in [0.25, 0.3) is 6.08 Å². The summed E-state index contributed by atoms with van der Waals surface area (Å²) >= 11 is 7.67. The minimum absolute atomic E-state index is 0.0542. The highest BCUT2D eigenvalue weighted by atomic mass is 35.5. The molecule has 10 heteroatoms. The van der Waals surface area contributed by atoms with Gasteiger partial charge in [-0.05, 0) is 72.6 Å². The lowest BCUT2D eigenvalue weighted by molar-refractivity contribution is -0.114. The second kappa shape index (κ2) is 10.6. The van der Waals surface area contributed by atoms with Crippen molar-refractivity contribution in [1.29, 1.82) is 5.41 Å². The molecule has 2 aliphatic heterocycles. The third kappa shape index (κ3) is 5.28. The number of para-hydroxylation sites is 1. The van der Waals surface area contributed by atoms with Gasteiger partial charge in [0.25, 0.3) is 5.91 Å². The lowest BCUT2D eigenvalue weighted by Gasteiger charge is -2.20. The number of ether oxygens (including phenoxy) is 2. The maximum atomic E-state index is 12.7. The van der Waals surface area contributed by atoms with E-state index in [4.69, 9.17) is 26.5 Å². The van der Waals surface area contributed by atoms with E-state index in [2.05, 4.69) is 15.1 Å². The Balaban J connectivity index is 1.26.